The largest absolute Gasteiger partial charge is 0.444 e. The number of carbonyl (C=O) groups excluding carboxylic acids is 2. The fourth-order valence-electron chi connectivity index (χ4n) is 3.43. The number of allylic oxidation sites excluding steroid dienone is 1. The lowest BCUT2D eigenvalue weighted by Crippen LogP contribution is -2.63. The minimum Gasteiger partial charge on any atom is -0.444 e. The monoisotopic (exact) mass is 460 g/mol. The van der Waals surface area contributed by atoms with Crippen molar-refractivity contribution in [3.8, 4) is 0 Å². The van der Waals surface area contributed by atoms with Gasteiger partial charge in [0.2, 0.25) is 5.91 Å². The van der Waals surface area contributed by atoms with E-state index in [1.165, 1.54) is 16.7 Å². The summed E-state index contributed by atoms with van der Waals surface area (Å²) in [4.78, 5) is 28.7. The molecular formula is C22H34F2N2O4S. The number of likely N-dealkylation sites (tertiary alicyclic amines) is 1. The third-order valence-corrected chi connectivity index (χ3v) is 6.45. The van der Waals surface area contributed by atoms with E-state index in [2.05, 4.69) is 6.58 Å². The number of morpholine rings is 1. The molecule has 0 N–H and O–H groups in total. The minimum absolute atomic E-state index is 0.0601. The first kappa shape index (κ1) is 25.6. The molecule has 2 aliphatic rings. The SMILES string of the molecule is C=C(S/C=C(\C)C(=O)N1CC(F)(F)OC2(CCN(C(=O)OC(C)(C)C)CC2)C1)C(C)C. The number of hydrogen-bond acceptors (Lipinski definition) is 5. The van der Waals surface area contributed by atoms with E-state index in [4.69, 9.17) is 9.47 Å². The molecule has 0 atom stereocenters. The quantitative estimate of drug-likeness (QED) is 0.552. The Morgan fingerprint density at radius 1 is 1.16 bits per heavy atom. The van der Waals surface area contributed by atoms with Gasteiger partial charge in [-0.1, -0.05) is 20.4 Å². The molecule has 6 nitrogen and oxygen atoms in total. The van der Waals surface area contributed by atoms with Gasteiger partial charge in [0.1, 0.15) is 12.1 Å². The van der Waals surface area contributed by atoms with Gasteiger partial charge in [0, 0.05) is 18.7 Å². The Hall–Kier alpha value is -1.61. The summed E-state index contributed by atoms with van der Waals surface area (Å²) >= 11 is 1.34. The number of alkyl halides is 2. The Kier molecular flexibility index (Phi) is 7.85. The minimum atomic E-state index is -3.45. The van der Waals surface area contributed by atoms with Gasteiger partial charge in [0.25, 0.3) is 0 Å². The molecule has 2 amide bonds. The van der Waals surface area contributed by atoms with E-state index in [1.54, 1.807) is 33.1 Å². The Morgan fingerprint density at radius 3 is 2.26 bits per heavy atom. The van der Waals surface area contributed by atoms with E-state index in [-0.39, 0.29) is 38.4 Å². The van der Waals surface area contributed by atoms with Gasteiger partial charge in [-0.15, -0.1) is 11.8 Å². The second-order valence-electron chi connectivity index (χ2n) is 9.59. The number of piperidine rings is 1. The lowest BCUT2D eigenvalue weighted by Gasteiger charge is -2.49. The summed E-state index contributed by atoms with van der Waals surface area (Å²) in [6.07, 6.45) is -3.52. The van der Waals surface area contributed by atoms with Crippen molar-refractivity contribution in [1.29, 1.82) is 0 Å². The van der Waals surface area contributed by atoms with Crippen molar-refractivity contribution in [1.82, 2.24) is 9.80 Å². The van der Waals surface area contributed by atoms with Crippen LogP contribution in [-0.4, -0.2) is 65.3 Å². The third kappa shape index (κ3) is 7.20. The molecule has 0 aromatic heterocycles. The van der Waals surface area contributed by atoms with Gasteiger partial charge in [-0.2, -0.15) is 8.78 Å². The molecule has 0 saturated carbocycles. The Morgan fingerprint density at radius 2 is 1.74 bits per heavy atom. The molecule has 2 fully saturated rings. The van der Waals surface area contributed by atoms with Gasteiger partial charge in [-0.05, 0) is 56.8 Å². The maximum atomic E-state index is 14.4. The van der Waals surface area contributed by atoms with E-state index in [9.17, 15) is 18.4 Å². The molecule has 2 rings (SSSR count). The highest BCUT2D eigenvalue weighted by molar-refractivity contribution is 8.05. The zero-order valence-corrected chi connectivity index (χ0v) is 20.1. The highest BCUT2D eigenvalue weighted by Crippen LogP contribution is 2.39. The van der Waals surface area contributed by atoms with Crippen molar-refractivity contribution in [2.24, 2.45) is 5.92 Å². The first-order valence-electron chi connectivity index (χ1n) is 10.5. The summed E-state index contributed by atoms with van der Waals surface area (Å²) in [5, 5.41) is 1.66. The fraction of sp³-hybridized carbons (Fsp3) is 0.727. The van der Waals surface area contributed by atoms with E-state index >= 15 is 0 Å². The van der Waals surface area contributed by atoms with Crippen LogP contribution in [0.15, 0.2) is 22.5 Å². The predicted molar refractivity (Wildman–Crippen MR) is 118 cm³/mol. The van der Waals surface area contributed by atoms with Crippen molar-refractivity contribution < 1.29 is 27.8 Å². The summed E-state index contributed by atoms with van der Waals surface area (Å²) in [6, 6.07) is 0. The average Bonchev–Trinajstić information content (AvgIpc) is 2.62. The highest BCUT2D eigenvalue weighted by Gasteiger charge is 2.52. The molecule has 31 heavy (non-hydrogen) atoms. The molecule has 2 saturated heterocycles. The Balaban J connectivity index is 2.07. The van der Waals surface area contributed by atoms with E-state index < -0.39 is 35.9 Å². The van der Waals surface area contributed by atoms with Crippen LogP contribution in [0.5, 0.6) is 0 Å². The van der Waals surface area contributed by atoms with Crippen molar-refractivity contribution in [2.75, 3.05) is 26.2 Å². The maximum absolute atomic E-state index is 14.4. The van der Waals surface area contributed by atoms with Gasteiger partial charge in [0.05, 0.1) is 12.1 Å². The molecule has 0 aromatic carbocycles. The van der Waals surface area contributed by atoms with Gasteiger partial charge < -0.3 is 19.3 Å². The van der Waals surface area contributed by atoms with Crippen LogP contribution < -0.4 is 0 Å². The fourth-order valence-corrected chi connectivity index (χ4v) is 4.14. The molecule has 2 aliphatic heterocycles. The van der Waals surface area contributed by atoms with Crippen molar-refractivity contribution >= 4 is 23.8 Å². The van der Waals surface area contributed by atoms with E-state index in [0.29, 0.717) is 5.57 Å². The number of thioether (sulfide) groups is 1. The molecule has 176 valence electrons. The lowest BCUT2D eigenvalue weighted by molar-refractivity contribution is -0.333. The molecular weight excluding hydrogens is 426 g/mol. The maximum Gasteiger partial charge on any atom is 0.410 e. The molecule has 1 spiro atoms. The van der Waals surface area contributed by atoms with Crippen LogP contribution >= 0.6 is 11.8 Å². The first-order valence-corrected chi connectivity index (χ1v) is 11.4. The second kappa shape index (κ2) is 9.48. The van der Waals surface area contributed by atoms with Crippen molar-refractivity contribution in [3.63, 3.8) is 0 Å². The number of nitrogens with zero attached hydrogens (tertiary/aromatic N) is 2. The summed E-state index contributed by atoms with van der Waals surface area (Å²) in [7, 11) is 0. The number of amides is 2. The van der Waals surface area contributed by atoms with Crippen molar-refractivity contribution in [2.45, 2.75) is 71.7 Å². The third-order valence-electron chi connectivity index (χ3n) is 5.20. The van der Waals surface area contributed by atoms with Crippen LogP contribution in [0.2, 0.25) is 0 Å². The van der Waals surface area contributed by atoms with Gasteiger partial charge in [-0.25, -0.2) is 4.79 Å². The average molecular weight is 461 g/mol. The molecule has 0 unspecified atom stereocenters. The standard InChI is InChI=1S/C22H34F2N2O4S/c1-15(2)17(4)31-12-16(3)18(27)26-13-21(30-22(23,24)14-26)8-10-25(11-9-21)19(28)29-20(5,6)7/h12,15H,4,8-11,13-14H2,1-3,5-7H3/b16-12+. The van der Waals surface area contributed by atoms with Gasteiger partial charge in [-0.3, -0.25) is 4.79 Å². The van der Waals surface area contributed by atoms with E-state index in [1.807, 2.05) is 13.8 Å². The zero-order valence-electron chi connectivity index (χ0n) is 19.3. The lowest BCUT2D eigenvalue weighted by atomic mass is 9.89. The van der Waals surface area contributed by atoms with Crippen LogP contribution in [0.25, 0.3) is 0 Å². The molecule has 2 heterocycles. The summed E-state index contributed by atoms with van der Waals surface area (Å²) in [6.45, 7) is 14.6. The van der Waals surface area contributed by atoms with Crippen LogP contribution in [0.3, 0.4) is 0 Å². The summed E-state index contributed by atoms with van der Waals surface area (Å²) < 4.78 is 39.4. The van der Waals surface area contributed by atoms with Crippen LogP contribution in [0.1, 0.15) is 54.4 Å². The Bertz CT molecular complexity index is 738. The summed E-state index contributed by atoms with van der Waals surface area (Å²) in [5.74, 6) is -0.198. The number of rotatable bonds is 4. The molecule has 9 heteroatoms. The van der Waals surface area contributed by atoms with Crippen LogP contribution in [0.4, 0.5) is 13.6 Å². The second-order valence-corrected chi connectivity index (χ2v) is 10.6. The van der Waals surface area contributed by atoms with E-state index in [0.717, 1.165) is 9.81 Å². The molecule has 0 aliphatic carbocycles. The first-order chi connectivity index (χ1) is 14.1. The highest BCUT2D eigenvalue weighted by atomic mass is 32.2. The normalized spacial score (nSPS) is 21.4. The topological polar surface area (TPSA) is 59.1 Å². The molecule has 0 radical (unpaired) electrons. The predicted octanol–water partition coefficient (Wildman–Crippen LogP) is 5.01. The molecule has 0 bridgehead atoms. The summed E-state index contributed by atoms with van der Waals surface area (Å²) in [5.41, 5.74) is -1.44. The number of ether oxygens (including phenoxy) is 2. The number of halogens is 2. The van der Waals surface area contributed by atoms with Gasteiger partial charge >= 0.3 is 12.2 Å². The van der Waals surface area contributed by atoms with Crippen molar-refractivity contribution in [3.05, 3.63) is 22.5 Å². The van der Waals surface area contributed by atoms with Gasteiger partial charge in [0.15, 0.2) is 0 Å². The number of carbonyl (C=O) groups is 2. The smallest absolute Gasteiger partial charge is 0.410 e. The van der Waals surface area contributed by atoms with Crippen LogP contribution in [0, 0.1) is 5.92 Å². The van der Waals surface area contributed by atoms with Crippen LogP contribution in [-0.2, 0) is 14.3 Å². The number of hydrogen-bond donors (Lipinski definition) is 0. The zero-order chi connectivity index (χ0) is 23.6. The Labute approximate surface area is 188 Å². The molecule has 0 aromatic rings.